The first-order chi connectivity index (χ1) is 21.2. The Labute approximate surface area is 271 Å². The van der Waals surface area contributed by atoms with Gasteiger partial charge in [-0.1, -0.05) is 63.7 Å². The average molecular weight is 662 g/mol. The molecule has 3 amide bonds. The van der Waals surface area contributed by atoms with Crippen molar-refractivity contribution in [3.05, 3.63) is 47.5 Å². The lowest BCUT2D eigenvalue weighted by Crippen LogP contribution is -2.60. The van der Waals surface area contributed by atoms with Crippen molar-refractivity contribution >= 4 is 64.2 Å². The van der Waals surface area contributed by atoms with Crippen molar-refractivity contribution in [2.24, 2.45) is 16.8 Å². The highest BCUT2D eigenvalue weighted by Gasteiger charge is 2.57. The van der Waals surface area contributed by atoms with Gasteiger partial charge >= 0.3 is 19.3 Å². The molecule has 0 aliphatic carbocycles. The smallest absolute Gasteiger partial charge is 0.467 e. The van der Waals surface area contributed by atoms with Gasteiger partial charge in [-0.2, -0.15) is 0 Å². The van der Waals surface area contributed by atoms with Gasteiger partial charge in [0.05, 0.1) is 43.6 Å². The molecule has 0 spiro atoms. The maximum atomic E-state index is 11.8. The van der Waals surface area contributed by atoms with Crippen molar-refractivity contribution in [3.8, 4) is 0 Å². The highest BCUT2D eigenvalue weighted by Crippen LogP contribution is 2.49. The number of β-lactam (4-membered cyclic amide) rings is 3. The van der Waals surface area contributed by atoms with Crippen LogP contribution in [0.25, 0.3) is 0 Å². The Morgan fingerprint density at radius 1 is 0.844 bits per heavy atom. The molecule has 5 heterocycles. The molecule has 0 radical (unpaired) electrons. The first-order valence-electron chi connectivity index (χ1n) is 13.9. The van der Waals surface area contributed by atoms with Crippen LogP contribution in [0, 0.1) is 11.8 Å². The van der Waals surface area contributed by atoms with E-state index in [0.29, 0.717) is 4.91 Å². The summed E-state index contributed by atoms with van der Waals surface area (Å²) >= 11 is 2.99. The number of hydrogen-bond acceptors (Lipinski definition) is 12. The van der Waals surface area contributed by atoms with E-state index in [9.17, 15) is 28.8 Å². The summed E-state index contributed by atoms with van der Waals surface area (Å²) in [7, 11) is 3.84. The minimum absolute atomic E-state index is 0. The highest BCUT2D eigenvalue weighted by molar-refractivity contribution is 8.14. The Balaban J connectivity index is 0.000000239. The molecule has 5 aliphatic rings. The van der Waals surface area contributed by atoms with E-state index in [0.717, 1.165) is 11.5 Å². The van der Waals surface area contributed by atoms with Crippen LogP contribution >= 0.6 is 23.5 Å². The van der Waals surface area contributed by atoms with Crippen LogP contribution in [0.15, 0.2) is 52.5 Å². The number of nitrogens with zero attached hydrogens (tertiary/aromatic N) is 4. The van der Waals surface area contributed by atoms with Gasteiger partial charge in [0.15, 0.2) is 23.5 Å². The van der Waals surface area contributed by atoms with Crippen LogP contribution in [0.2, 0.25) is 0 Å². The SMILES string of the molecule is C=C1SC2C(C)C(=O)N2C1C(=O)OC.C=C=C(C(=O)OC)N1C(=O)C(C)C1C.C=C=C(C(=O)OC)N1C(=O)C2N=C(CC)SC21.[H+]. The van der Waals surface area contributed by atoms with E-state index in [1.54, 1.807) is 4.90 Å². The molecule has 15 heteroatoms. The number of aliphatic imine (C=N–C) groups is 1. The van der Waals surface area contributed by atoms with Crippen LogP contribution in [0.5, 0.6) is 0 Å². The Hall–Kier alpha value is -4.03. The largest absolute Gasteiger partial charge is 1.00 e. The maximum absolute atomic E-state index is 11.8. The Morgan fingerprint density at radius 3 is 1.87 bits per heavy atom. The lowest BCUT2D eigenvalue weighted by Gasteiger charge is -2.43. The summed E-state index contributed by atoms with van der Waals surface area (Å²) < 4.78 is 13.7. The number of carbonyl (C=O) groups excluding carboxylic acids is 6. The van der Waals surface area contributed by atoms with E-state index in [1.807, 2.05) is 27.7 Å². The number of amides is 3. The third-order valence-electron chi connectivity index (χ3n) is 7.81. The van der Waals surface area contributed by atoms with E-state index in [4.69, 9.17) is 0 Å². The van der Waals surface area contributed by atoms with E-state index in [2.05, 4.69) is 50.4 Å². The van der Waals surface area contributed by atoms with E-state index in [-0.39, 0.29) is 65.2 Å². The summed E-state index contributed by atoms with van der Waals surface area (Å²) in [5.74, 6) is -1.91. The molecular weight excluding hydrogens is 624 g/mol. The number of methoxy groups -OCH3 is 3. The minimum atomic E-state index is -0.600. The molecule has 0 aromatic heterocycles. The Kier molecular flexibility index (Phi) is 11.3. The molecule has 5 rings (SSSR count). The lowest BCUT2D eigenvalue weighted by atomic mass is 9.90. The highest BCUT2D eigenvalue weighted by atomic mass is 32.2. The zero-order valence-electron chi connectivity index (χ0n) is 27.1. The van der Waals surface area contributed by atoms with Crippen LogP contribution in [0.4, 0.5) is 0 Å². The summed E-state index contributed by atoms with van der Waals surface area (Å²) in [5.41, 5.74) is 5.07. The summed E-state index contributed by atoms with van der Waals surface area (Å²) in [4.78, 5) is 78.1. The van der Waals surface area contributed by atoms with Gasteiger partial charge in [-0.15, -0.1) is 11.8 Å². The zero-order valence-corrected chi connectivity index (χ0v) is 27.8. The second-order valence-electron chi connectivity index (χ2n) is 10.2. The molecule has 13 nitrogen and oxygen atoms in total. The standard InChI is InChI=1S/C11H12N2O3S.C10H13NO3.C9H11NO3S/c1-4-6(11(15)16-3)13-9(14)8-10(13)17-7(5-2)12-8;1-5-8(10(13)14-4)11-7(3)6(2)9(11)12;1-4-7(11)10-6(9(12)13-3)5(2)14-8(4)10/h8,10H,1,5H2,2-3H3;6-7H,1H2,2-4H3;4,6,8H,2H2,1,3H3/p+1. The van der Waals surface area contributed by atoms with Gasteiger partial charge in [0.1, 0.15) is 5.37 Å². The van der Waals surface area contributed by atoms with Crippen LogP contribution in [-0.2, 0) is 43.0 Å². The van der Waals surface area contributed by atoms with E-state index < -0.39 is 23.9 Å². The van der Waals surface area contributed by atoms with Crippen LogP contribution in [0.3, 0.4) is 0 Å². The second-order valence-corrected chi connectivity index (χ2v) is 12.7. The monoisotopic (exact) mass is 661 g/mol. The van der Waals surface area contributed by atoms with Crippen molar-refractivity contribution in [1.82, 2.24) is 14.7 Å². The number of likely N-dealkylation sites (tertiary alicyclic amines) is 2. The predicted molar refractivity (Wildman–Crippen MR) is 168 cm³/mol. The first kappa shape index (κ1) is 35.4. The fourth-order valence-corrected chi connectivity index (χ4v) is 7.56. The third-order valence-corrected chi connectivity index (χ3v) is 10.6. The molecule has 0 N–H and O–H groups in total. The molecule has 0 aromatic rings. The van der Waals surface area contributed by atoms with E-state index >= 15 is 0 Å². The van der Waals surface area contributed by atoms with Crippen molar-refractivity contribution in [1.29, 1.82) is 0 Å². The normalized spacial score (nSPS) is 28.5. The van der Waals surface area contributed by atoms with Gasteiger partial charge < -0.3 is 19.1 Å². The Bertz CT molecular complexity index is 1460. The number of hydrogen-bond donors (Lipinski definition) is 0. The summed E-state index contributed by atoms with van der Waals surface area (Å²) in [5, 5.41) is 0.879. The molecule has 7 unspecified atom stereocenters. The van der Waals surface area contributed by atoms with Crippen molar-refractivity contribution < 1.29 is 44.4 Å². The summed E-state index contributed by atoms with van der Waals surface area (Å²) in [6.07, 6.45) is 0.796. The number of rotatable bonds is 6. The number of fused-ring (bicyclic) bond motifs is 2. The average Bonchev–Trinajstić information content (AvgIpc) is 3.60. The molecule has 0 bridgehead atoms. The number of carbonyl (C=O) groups is 6. The topological polar surface area (TPSA) is 152 Å². The van der Waals surface area contributed by atoms with Gasteiger partial charge in [0.2, 0.25) is 11.8 Å². The Morgan fingerprint density at radius 2 is 1.40 bits per heavy atom. The maximum Gasteiger partial charge on any atom is 1.00 e. The molecule has 0 saturated carbocycles. The first-order valence-corrected chi connectivity index (χ1v) is 15.6. The molecule has 0 aromatic carbocycles. The molecule has 4 fully saturated rings. The fourth-order valence-electron chi connectivity index (χ4n) is 5.01. The predicted octanol–water partition coefficient (Wildman–Crippen LogP) is 2.32. The number of ether oxygens (including phenoxy) is 3. The zero-order chi connectivity index (χ0) is 33.9. The third kappa shape index (κ3) is 6.26. The molecular formula is C30H37N4O9S2+. The summed E-state index contributed by atoms with van der Waals surface area (Å²) in [6, 6.07) is -0.924. The quantitative estimate of drug-likeness (QED) is 0.136. The van der Waals surface area contributed by atoms with Crippen molar-refractivity contribution in [2.45, 2.75) is 63.0 Å². The summed E-state index contributed by atoms with van der Waals surface area (Å²) in [6.45, 7) is 18.1. The van der Waals surface area contributed by atoms with Crippen LogP contribution in [0.1, 0.15) is 35.5 Å². The van der Waals surface area contributed by atoms with Crippen molar-refractivity contribution in [3.63, 3.8) is 0 Å². The molecule has 4 saturated heterocycles. The molecule has 5 aliphatic heterocycles. The van der Waals surface area contributed by atoms with Crippen molar-refractivity contribution in [2.75, 3.05) is 21.3 Å². The molecule has 45 heavy (non-hydrogen) atoms. The van der Waals surface area contributed by atoms with Gasteiger partial charge in [0.25, 0.3) is 5.91 Å². The van der Waals surface area contributed by atoms with Gasteiger partial charge in [-0.05, 0) is 13.3 Å². The minimum Gasteiger partial charge on any atom is -0.467 e. The second kappa shape index (κ2) is 14.4. The van der Waals surface area contributed by atoms with Gasteiger partial charge in [0, 0.05) is 10.9 Å². The van der Waals surface area contributed by atoms with Gasteiger partial charge in [-0.25, -0.2) is 14.4 Å². The van der Waals surface area contributed by atoms with Gasteiger partial charge in [-0.3, -0.25) is 29.2 Å². The number of esters is 3. The van der Waals surface area contributed by atoms with Crippen LogP contribution in [-0.4, -0.2) is 106 Å². The molecule has 7 atom stereocenters. The lowest BCUT2D eigenvalue weighted by molar-refractivity contribution is -0.161. The van der Waals surface area contributed by atoms with Crippen LogP contribution < -0.4 is 0 Å². The number of thioether (sulfide) groups is 2. The van der Waals surface area contributed by atoms with E-state index in [1.165, 1.54) is 54.7 Å². The fraction of sp³-hybridized carbons (Fsp3) is 0.500. The molecule has 242 valence electrons.